The summed E-state index contributed by atoms with van der Waals surface area (Å²) in [6.07, 6.45) is 16.3. The Bertz CT molecular complexity index is 914. The molecule has 5 heteroatoms. The molecule has 0 unspecified atom stereocenters. The Hall–Kier alpha value is -2.37. The number of ether oxygens (including phenoxy) is 4. The van der Waals surface area contributed by atoms with Gasteiger partial charge in [-0.1, -0.05) is 108 Å². The Kier molecular flexibility index (Phi) is 15.3. The van der Waals surface area contributed by atoms with Gasteiger partial charge in [-0.05, 0) is 66.2 Å². The zero-order chi connectivity index (χ0) is 29.2. The van der Waals surface area contributed by atoms with Crippen LogP contribution in [-0.4, -0.2) is 39.0 Å². The fraction of sp³-hybridized carbons (Fsp3) is 0.639. The molecule has 1 aliphatic carbocycles. The number of carbonyl (C=O) groups excluding carboxylic acids is 1. The van der Waals surface area contributed by atoms with Gasteiger partial charge in [-0.25, -0.2) is 4.79 Å². The lowest BCUT2D eigenvalue weighted by molar-refractivity contribution is -0.147. The highest BCUT2D eigenvalue weighted by atomic mass is 16.6. The second kappa shape index (κ2) is 18.9. The van der Waals surface area contributed by atoms with E-state index in [0.29, 0.717) is 0 Å². The van der Waals surface area contributed by atoms with Crippen LogP contribution in [0.1, 0.15) is 114 Å². The van der Waals surface area contributed by atoms with E-state index in [1.165, 1.54) is 87.3 Å². The van der Waals surface area contributed by atoms with Crippen molar-refractivity contribution in [3.8, 4) is 5.75 Å². The number of esters is 1. The number of hydrogen-bond donors (Lipinski definition) is 0. The van der Waals surface area contributed by atoms with E-state index in [0.717, 1.165) is 50.6 Å². The van der Waals surface area contributed by atoms with Crippen molar-refractivity contribution >= 4 is 5.97 Å². The van der Waals surface area contributed by atoms with Crippen molar-refractivity contribution in [3.63, 3.8) is 0 Å². The van der Waals surface area contributed by atoms with Crippen LogP contribution in [0.25, 0.3) is 0 Å². The molecule has 0 N–H and O–H groups in total. The molecular formula is C36H54O5. The largest absolute Gasteiger partial charge is 0.481 e. The normalized spacial score (nSPS) is 17.5. The first-order valence-electron chi connectivity index (χ1n) is 16.1. The molecule has 0 saturated carbocycles. The van der Waals surface area contributed by atoms with Crippen LogP contribution in [0.15, 0.2) is 42.5 Å². The first-order chi connectivity index (χ1) is 19.9. The Morgan fingerprint density at radius 1 is 0.707 bits per heavy atom. The first-order valence-corrected chi connectivity index (χ1v) is 16.1. The van der Waals surface area contributed by atoms with E-state index in [1.807, 2.05) is 30.3 Å². The molecule has 2 aliphatic rings. The van der Waals surface area contributed by atoms with Crippen LogP contribution in [0.5, 0.6) is 5.75 Å². The summed E-state index contributed by atoms with van der Waals surface area (Å²) in [6.45, 7) is 10.4. The average Bonchev–Trinajstić information content (AvgIpc) is 2.96. The summed E-state index contributed by atoms with van der Waals surface area (Å²) in [7, 11) is 0. The van der Waals surface area contributed by atoms with Crippen LogP contribution in [0, 0.1) is 0 Å². The molecule has 5 nitrogen and oxygen atoms in total. The fourth-order valence-electron chi connectivity index (χ4n) is 5.25. The maximum Gasteiger partial charge on any atom is 0.344 e. The average molecular weight is 567 g/mol. The molecule has 0 amide bonds. The van der Waals surface area contributed by atoms with Crippen molar-refractivity contribution < 1.29 is 23.7 Å². The third kappa shape index (κ3) is 13.4. The standard InChI is InChI=1S/C24H30O3.C12H24O2/c1-24(2,3)21-14-19-12-8-5-9-13-20(15-21)23(19)27-17-22(25)26-16-18-10-6-4-7-11-18;1-2-4-6-8-10-14-12-11-13-9-7-5-3-1/h4,6-7,10-11,14-15H,5,8-9,12-13,16-17H2,1-3H3;1-12H2. The molecule has 4 rings (SSSR count). The molecule has 2 aromatic carbocycles. The molecule has 41 heavy (non-hydrogen) atoms. The van der Waals surface area contributed by atoms with Crippen molar-refractivity contribution in [1.29, 1.82) is 0 Å². The minimum atomic E-state index is -0.326. The molecule has 0 spiro atoms. The van der Waals surface area contributed by atoms with Gasteiger partial charge in [-0.3, -0.25) is 0 Å². The van der Waals surface area contributed by atoms with Crippen molar-refractivity contribution in [1.82, 2.24) is 0 Å². The third-order valence-electron chi connectivity index (χ3n) is 7.78. The Morgan fingerprint density at radius 2 is 1.22 bits per heavy atom. The Balaban J connectivity index is 0.000000278. The molecule has 1 heterocycles. The lowest BCUT2D eigenvalue weighted by Gasteiger charge is -2.25. The van der Waals surface area contributed by atoms with E-state index in [1.54, 1.807) is 0 Å². The molecule has 0 aromatic heterocycles. The first kappa shape index (κ1) is 33.1. The minimum absolute atomic E-state index is 0.0400. The smallest absolute Gasteiger partial charge is 0.344 e. The zero-order valence-corrected chi connectivity index (χ0v) is 26.0. The molecule has 228 valence electrons. The number of carbonyl (C=O) groups is 1. The maximum absolute atomic E-state index is 12.2. The van der Waals surface area contributed by atoms with E-state index in [9.17, 15) is 4.79 Å². The predicted octanol–water partition coefficient (Wildman–Crippen LogP) is 8.53. The van der Waals surface area contributed by atoms with E-state index < -0.39 is 0 Å². The van der Waals surface area contributed by atoms with Crippen molar-refractivity contribution in [2.75, 3.05) is 33.0 Å². The van der Waals surface area contributed by atoms with Crippen LogP contribution in [0.4, 0.5) is 0 Å². The topological polar surface area (TPSA) is 54.0 Å². The van der Waals surface area contributed by atoms with Crippen molar-refractivity contribution in [2.24, 2.45) is 0 Å². The van der Waals surface area contributed by atoms with Gasteiger partial charge in [0.15, 0.2) is 6.61 Å². The summed E-state index contributed by atoms with van der Waals surface area (Å²) in [5, 5.41) is 0. The minimum Gasteiger partial charge on any atom is -0.481 e. The van der Waals surface area contributed by atoms with Gasteiger partial charge >= 0.3 is 5.97 Å². The Labute approximate surface area is 249 Å². The van der Waals surface area contributed by atoms with Crippen molar-refractivity contribution in [2.45, 2.75) is 116 Å². The molecule has 0 radical (unpaired) electrons. The van der Waals surface area contributed by atoms with Crippen LogP contribution in [0.2, 0.25) is 0 Å². The van der Waals surface area contributed by atoms with Crippen LogP contribution in [-0.2, 0) is 43.9 Å². The third-order valence-corrected chi connectivity index (χ3v) is 7.78. The maximum atomic E-state index is 12.2. The summed E-state index contributed by atoms with van der Waals surface area (Å²) in [4.78, 5) is 12.2. The highest BCUT2D eigenvalue weighted by Crippen LogP contribution is 2.35. The van der Waals surface area contributed by atoms with Crippen LogP contribution in [0.3, 0.4) is 0 Å². The van der Waals surface area contributed by atoms with Gasteiger partial charge in [0.2, 0.25) is 0 Å². The molecule has 2 aromatic rings. The molecule has 1 aliphatic heterocycles. The van der Waals surface area contributed by atoms with E-state index in [4.69, 9.17) is 18.9 Å². The quantitative estimate of drug-likeness (QED) is 0.340. The van der Waals surface area contributed by atoms with Gasteiger partial charge in [-0.15, -0.1) is 0 Å². The number of hydrogen-bond acceptors (Lipinski definition) is 5. The van der Waals surface area contributed by atoms with E-state index >= 15 is 0 Å². The lowest BCUT2D eigenvalue weighted by Crippen LogP contribution is -2.18. The number of aryl methyl sites for hydroxylation is 2. The van der Waals surface area contributed by atoms with E-state index in [2.05, 4.69) is 32.9 Å². The second-order valence-corrected chi connectivity index (χ2v) is 12.4. The van der Waals surface area contributed by atoms with Crippen LogP contribution < -0.4 is 4.74 Å². The molecule has 0 atom stereocenters. The van der Waals surface area contributed by atoms with Gasteiger partial charge < -0.3 is 18.9 Å². The highest BCUT2D eigenvalue weighted by molar-refractivity contribution is 5.71. The second-order valence-electron chi connectivity index (χ2n) is 12.4. The van der Waals surface area contributed by atoms with Gasteiger partial charge in [0.25, 0.3) is 0 Å². The molecule has 1 fully saturated rings. The van der Waals surface area contributed by atoms with Gasteiger partial charge in [0, 0.05) is 13.2 Å². The monoisotopic (exact) mass is 566 g/mol. The SMILES string of the molecule is C1CCCCCOCCOCCCC1.CC(C)(C)c1cc2c(OCC(=O)OCc3ccccc3)c(c1)CCCCC2. The van der Waals surface area contributed by atoms with Crippen LogP contribution >= 0.6 is 0 Å². The van der Waals surface area contributed by atoms with Gasteiger partial charge in [0.05, 0.1) is 13.2 Å². The molecule has 2 bridgehead atoms. The summed E-state index contributed by atoms with van der Waals surface area (Å²) in [6, 6.07) is 14.2. The predicted molar refractivity (Wildman–Crippen MR) is 167 cm³/mol. The lowest BCUT2D eigenvalue weighted by atomic mass is 9.82. The van der Waals surface area contributed by atoms with E-state index in [-0.39, 0.29) is 24.6 Å². The summed E-state index contributed by atoms with van der Waals surface area (Å²) in [5.41, 5.74) is 4.89. The number of fused-ring (bicyclic) bond motifs is 2. The summed E-state index contributed by atoms with van der Waals surface area (Å²) >= 11 is 0. The van der Waals surface area contributed by atoms with Crippen molar-refractivity contribution in [3.05, 3.63) is 64.7 Å². The fourth-order valence-corrected chi connectivity index (χ4v) is 5.25. The highest BCUT2D eigenvalue weighted by Gasteiger charge is 2.21. The zero-order valence-electron chi connectivity index (χ0n) is 26.0. The summed E-state index contributed by atoms with van der Waals surface area (Å²) in [5.74, 6) is 0.576. The van der Waals surface area contributed by atoms with Gasteiger partial charge in [0.1, 0.15) is 12.4 Å². The molecule has 1 saturated heterocycles. The summed E-state index contributed by atoms with van der Waals surface area (Å²) < 4.78 is 22.2. The molecular weight excluding hydrogens is 512 g/mol. The number of rotatable bonds is 5. The van der Waals surface area contributed by atoms with Gasteiger partial charge in [-0.2, -0.15) is 0 Å². The Morgan fingerprint density at radius 3 is 1.76 bits per heavy atom. The number of benzene rings is 2.